The number of piperidine rings is 1. The lowest BCUT2D eigenvalue weighted by molar-refractivity contribution is -0.126. The Morgan fingerprint density at radius 3 is 2.66 bits per heavy atom. The molecule has 0 unspecified atom stereocenters. The molecule has 1 aliphatic heterocycles. The smallest absolute Gasteiger partial charge is 0.243 e. The first-order valence-electron chi connectivity index (χ1n) is 10.5. The van der Waals surface area contributed by atoms with Gasteiger partial charge in [0.2, 0.25) is 15.9 Å². The molecule has 1 N–H and O–H groups in total. The lowest BCUT2D eigenvalue weighted by atomic mass is 9.98. The first-order valence-corrected chi connectivity index (χ1v) is 12.3. The van der Waals surface area contributed by atoms with Crippen molar-refractivity contribution in [2.45, 2.75) is 31.2 Å². The van der Waals surface area contributed by atoms with E-state index in [0.717, 1.165) is 17.1 Å². The van der Waals surface area contributed by atoms with E-state index in [0.29, 0.717) is 31.0 Å². The Hall–Kier alpha value is -2.68. The Labute approximate surface area is 193 Å². The second-order valence-corrected chi connectivity index (χ2v) is 10.2. The maximum absolute atomic E-state index is 13.0. The van der Waals surface area contributed by atoms with Gasteiger partial charge in [-0.2, -0.15) is 4.31 Å². The van der Waals surface area contributed by atoms with E-state index in [9.17, 15) is 13.2 Å². The molecule has 1 saturated heterocycles. The number of aromatic nitrogens is 2. The number of carbonyl (C=O) groups is 1. The van der Waals surface area contributed by atoms with Crippen LogP contribution in [0.5, 0.6) is 0 Å². The van der Waals surface area contributed by atoms with Gasteiger partial charge in [-0.1, -0.05) is 29.8 Å². The van der Waals surface area contributed by atoms with Gasteiger partial charge in [-0.25, -0.2) is 13.4 Å². The van der Waals surface area contributed by atoms with Crippen molar-refractivity contribution >= 4 is 27.5 Å². The zero-order valence-corrected chi connectivity index (χ0v) is 19.3. The largest absolute Gasteiger partial charge is 0.352 e. The number of benzene rings is 2. The molecule has 3 aromatic rings. The topological polar surface area (TPSA) is 84.3 Å². The van der Waals surface area contributed by atoms with Crippen molar-refractivity contribution in [1.29, 1.82) is 0 Å². The Kier molecular flexibility index (Phi) is 6.64. The number of aryl methyl sites for hydroxylation is 1. The van der Waals surface area contributed by atoms with Gasteiger partial charge >= 0.3 is 0 Å². The number of sulfonamides is 1. The van der Waals surface area contributed by atoms with Crippen LogP contribution in [0.25, 0.3) is 5.69 Å². The highest BCUT2D eigenvalue weighted by molar-refractivity contribution is 7.89. The van der Waals surface area contributed by atoms with Gasteiger partial charge in [0.1, 0.15) is 5.82 Å². The summed E-state index contributed by atoms with van der Waals surface area (Å²) in [6, 6.07) is 13.9. The minimum atomic E-state index is -3.67. The van der Waals surface area contributed by atoms with Crippen molar-refractivity contribution in [3.8, 4) is 5.69 Å². The normalized spacial score (nSPS) is 17.2. The molecule has 0 bridgehead atoms. The van der Waals surface area contributed by atoms with Crippen LogP contribution in [0.4, 0.5) is 0 Å². The number of hydrogen-bond acceptors (Lipinski definition) is 4. The zero-order valence-electron chi connectivity index (χ0n) is 17.7. The molecule has 0 saturated carbocycles. The van der Waals surface area contributed by atoms with E-state index < -0.39 is 15.9 Å². The predicted octanol–water partition coefficient (Wildman–Crippen LogP) is 3.55. The van der Waals surface area contributed by atoms with Crippen molar-refractivity contribution in [2.24, 2.45) is 5.92 Å². The third-order valence-electron chi connectivity index (χ3n) is 5.74. The summed E-state index contributed by atoms with van der Waals surface area (Å²) in [5.41, 5.74) is 1.92. The molecule has 2 heterocycles. The van der Waals surface area contributed by atoms with E-state index in [2.05, 4.69) is 10.3 Å². The number of nitrogens with zero attached hydrogens (tertiary/aromatic N) is 3. The summed E-state index contributed by atoms with van der Waals surface area (Å²) < 4.78 is 29.4. The first kappa shape index (κ1) is 22.5. The molecular weight excluding hydrogens is 448 g/mol. The van der Waals surface area contributed by atoms with Gasteiger partial charge in [0, 0.05) is 37.1 Å². The van der Waals surface area contributed by atoms with Crippen LogP contribution in [0, 0.1) is 12.8 Å². The van der Waals surface area contributed by atoms with Crippen molar-refractivity contribution in [2.75, 3.05) is 13.1 Å². The molecule has 1 atom stereocenters. The molecule has 1 aliphatic rings. The second-order valence-electron chi connectivity index (χ2n) is 7.85. The molecule has 1 fully saturated rings. The van der Waals surface area contributed by atoms with Gasteiger partial charge in [-0.3, -0.25) is 4.79 Å². The highest BCUT2D eigenvalue weighted by Gasteiger charge is 2.33. The van der Waals surface area contributed by atoms with Crippen LogP contribution < -0.4 is 5.32 Å². The van der Waals surface area contributed by atoms with Crippen LogP contribution in [0.15, 0.2) is 65.8 Å². The quantitative estimate of drug-likeness (QED) is 0.594. The molecule has 0 spiro atoms. The van der Waals surface area contributed by atoms with Crippen molar-refractivity contribution < 1.29 is 13.2 Å². The van der Waals surface area contributed by atoms with E-state index in [1.165, 1.54) is 16.4 Å². The van der Waals surface area contributed by atoms with Gasteiger partial charge < -0.3 is 9.88 Å². The number of nitrogens with one attached hydrogen (secondary N) is 1. The third-order valence-corrected chi connectivity index (χ3v) is 7.87. The van der Waals surface area contributed by atoms with E-state index >= 15 is 0 Å². The van der Waals surface area contributed by atoms with Gasteiger partial charge in [-0.05, 0) is 55.7 Å². The fourth-order valence-electron chi connectivity index (χ4n) is 3.98. The van der Waals surface area contributed by atoms with Crippen LogP contribution in [-0.4, -0.2) is 41.3 Å². The van der Waals surface area contributed by atoms with E-state index in [1.807, 2.05) is 42.0 Å². The Bertz CT molecular complexity index is 1210. The zero-order chi connectivity index (χ0) is 22.7. The SMILES string of the molecule is Cc1nccn1-c1ccccc1CNC(=O)[C@@H]1CCCN(S(=O)(=O)c2ccc(Cl)cc2)C1. The lowest BCUT2D eigenvalue weighted by Crippen LogP contribution is -2.45. The van der Waals surface area contributed by atoms with Gasteiger partial charge in [0.25, 0.3) is 0 Å². The summed E-state index contributed by atoms with van der Waals surface area (Å²) in [5, 5.41) is 3.48. The molecule has 7 nitrogen and oxygen atoms in total. The summed E-state index contributed by atoms with van der Waals surface area (Å²) in [6.07, 6.45) is 4.91. The maximum atomic E-state index is 13.0. The van der Waals surface area contributed by atoms with Crippen LogP contribution in [-0.2, 0) is 21.4 Å². The van der Waals surface area contributed by atoms with Gasteiger partial charge in [-0.15, -0.1) is 0 Å². The molecule has 2 aromatic carbocycles. The highest BCUT2D eigenvalue weighted by Crippen LogP contribution is 2.25. The molecule has 0 aliphatic carbocycles. The number of para-hydroxylation sites is 1. The predicted molar refractivity (Wildman–Crippen MR) is 123 cm³/mol. The molecule has 0 radical (unpaired) electrons. The molecule has 32 heavy (non-hydrogen) atoms. The lowest BCUT2D eigenvalue weighted by Gasteiger charge is -2.31. The average Bonchev–Trinajstić information content (AvgIpc) is 3.23. The van der Waals surface area contributed by atoms with Crippen LogP contribution >= 0.6 is 11.6 Å². The molecule has 1 amide bonds. The molecule has 168 valence electrons. The number of halogens is 1. The standard InChI is InChI=1S/C23H25ClN4O3S/c1-17-25-12-14-28(17)22-7-3-2-5-18(22)15-26-23(29)19-6-4-13-27(16-19)32(30,31)21-10-8-20(24)9-11-21/h2-3,5,7-12,14,19H,4,6,13,15-16H2,1H3,(H,26,29)/t19-/m1/s1. The number of amides is 1. The fraction of sp³-hybridized carbons (Fsp3) is 0.304. The number of hydrogen-bond donors (Lipinski definition) is 1. The van der Waals surface area contributed by atoms with E-state index in [4.69, 9.17) is 11.6 Å². The summed E-state index contributed by atoms with van der Waals surface area (Å²) in [6.45, 7) is 2.84. The summed E-state index contributed by atoms with van der Waals surface area (Å²) in [5.74, 6) is 0.324. The monoisotopic (exact) mass is 472 g/mol. The third kappa shape index (κ3) is 4.72. The Balaban J connectivity index is 1.44. The molecule has 9 heteroatoms. The van der Waals surface area contributed by atoms with Crippen LogP contribution in [0.2, 0.25) is 5.02 Å². The Morgan fingerprint density at radius 2 is 1.94 bits per heavy atom. The second kappa shape index (κ2) is 9.44. The highest BCUT2D eigenvalue weighted by atomic mass is 35.5. The minimum absolute atomic E-state index is 0.141. The van der Waals surface area contributed by atoms with Crippen molar-refractivity contribution in [3.63, 3.8) is 0 Å². The van der Waals surface area contributed by atoms with Crippen LogP contribution in [0.3, 0.4) is 0 Å². The Morgan fingerprint density at radius 1 is 1.19 bits per heavy atom. The minimum Gasteiger partial charge on any atom is -0.352 e. The number of imidazole rings is 1. The molecule has 1 aromatic heterocycles. The van der Waals surface area contributed by atoms with Crippen molar-refractivity contribution in [1.82, 2.24) is 19.2 Å². The van der Waals surface area contributed by atoms with E-state index in [1.54, 1.807) is 18.3 Å². The summed E-state index contributed by atoms with van der Waals surface area (Å²) >= 11 is 5.88. The maximum Gasteiger partial charge on any atom is 0.243 e. The average molecular weight is 473 g/mol. The first-order chi connectivity index (χ1) is 15.4. The van der Waals surface area contributed by atoms with Gasteiger partial charge in [0.15, 0.2) is 0 Å². The van der Waals surface area contributed by atoms with Crippen molar-refractivity contribution in [3.05, 3.63) is 77.3 Å². The number of carbonyl (C=O) groups excluding carboxylic acids is 1. The summed E-state index contributed by atoms with van der Waals surface area (Å²) in [4.78, 5) is 17.4. The van der Waals surface area contributed by atoms with Gasteiger partial charge in [0.05, 0.1) is 16.5 Å². The number of rotatable bonds is 6. The molecular formula is C23H25ClN4O3S. The fourth-order valence-corrected chi connectivity index (χ4v) is 5.63. The molecule has 4 rings (SSSR count). The van der Waals surface area contributed by atoms with E-state index in [-0.39, 0.29) is 17.3 Å². The summed E-state index contributed by atoms with van der Waals surface area (Å²) in [7, 11) is -3.67. The van der Waals surface area contributed by atoms with Crippen LogP contribution in [0.1, 0.15) is 24.2 Å².